The Morgan fingerprint density at radius 3 is 2.75 bits per heavy atom. The topological polar surface area (TPSA) is 85.9 Å². The number of hydrogen-bond acceptors (Lipinski definition) is 5. The molecule has 8 heteroatoms. The molecular weight excluding hydrogens is 384 g/mol. The van der Waals surface area contributed by atoms with Gasteiger partial charge >= 0.3 is 0 Å². The zero-order valence-corrected chi connectivity index (χ0v) is 16.3. The number of hydrazine groups is 1. The fourth-order valence-electron chi connectivity index (χ4n) is 2.91. The Morgan fingerprint density at radius 1 is 1.18 bits per heavy atom. The standard InChI is InChI=1S/C20H21ClN2O5/c1-3-27-17-6-4-12(10-18(17)26-2)19(24)22-23-20(25)14-8-13-9-15(21)5-7-16(13)28-11-14/h4-7,9-10,14H,3,8,11H2,1-2H3,(H,22,24)(H,23,25)/t14-/m1/s1. The molecule has 0 aromatic heterocycles. The summed E-state index contributed by atoms with van der Waals surface area (Å²) < 4.78 is 16.3. The zero-order valence-electron chi connectivity index (χ0n) is 15.6. The molecule has 0 saturated carbocycles. The van der Waals surface area contributed by atoms with Crippen molar-refractivity contribution in [2.75, 3.05) is 20.3 Å². The molecule has 148 valence electrons. The van der Waals surface area contributed by atoms with Crippen LogP contribution in [0.25, 0.3) is 0 Å². The van der Waals surface area contributed by atoms with Crippen LogP contribution in [0.2, 0.25) is 5.02 Å². The fraction of sp³-hybridized carbons (Fsp3) is 0.300. The summed E-state index contributed by atoms with van der Waals surface area (Å²) in [4.78, 5) is 24.7. The van der Waals surface area contributed by atoms with Crippen LogP contribution in [-0.4, -0.2) is 32.1 Å². The molecular formula is C20H21ClN2O5. The number of ether oxygens (including phenoxy) is 3. The molecule has 0 radical (unpaired) electrons. The second-order valence-electron chi connectivity index (χ2n) is 6.21. The fourth-order valence-corrected chi connectivity index (χ4v) is 3.10. The Labute approximate surface area is 167 Å². The first kappa shape index (κ1) is 19.8. The Morgan fingerprint density at radius 2 is 2.00 bits per heavy atom. The van der Waals surface area contributed by atoms with E-state index in [0.29, 0.717) is 35.1 Å². The predicted octanol–water partition coefficient (Wildman–Crippen LogP) is 2.76. The molecule has 1 atom stereocenters. The highest BCUT2D eigenvalue weighted by atomic mass is 35.5. The average Bonchev–Trinajstić information content (AvgIpc) is 2.71. The maximum atomic E-state index is 12.4. The van der Waals surface area contributed by atoms with Crippen LogP contribution in [0.15, 0.2) is 36.4 Å². The number of hydrogen-bond donors (Lipinski definition) is 2. The summed E-state index contributed by atoms with van der Waals surface area (Å²) in [5, 5.41) is 0.584. The normalized spacial score (nSPS) is 15.0. The van der Waals surface area contributed by atoms with Crippen molar-refractivity contribution in [2.24, 2.45) is 5.92 Å². The highest BCUT2D eigenvalue weighted by molar-refractivity contribution is 6.30. The number of benzene rings is 2. The zero-order chi connectivity index (χ0) is 20.1. The largest absolute Gasteiger partial charge is 0.493 e. The first-order chi connectivity index (χ1) is 13.5. The summed E-state index contributed by atoms with van der Waals surface area (Å²) >= 11 is 6.00. The van der Waals surface area contributed by atoms with Gasteiger partial charge in [-0.15, -0.1) is 0 Å². The summed E-state index contributed by atoms with van der Waals surface area (Å²) in [5.74, 6) is 0.476. The molecule has 2 amide bonds. The summed E-state index contributed by atoms with van der Waals surface area (Å²) in [5.41, 5.74) is 6.06. The van der Waals surface area contributed by atoms with Gasteiger partial charge in [0.1, 0.15) is 12.4 Å². The molecule has 3 rings (SSSR count). The molecule has 0 spiro atoms. The van der Waals surface area contributed by atoms with Crippen LogP contribution in [0.3, 0.4) is 0 Å². The molecule has 0 bridgehead atoms. The van der Waals surface area contributed by atoms with E-state index in [-0.39, 0.29) is 12.5 Å². The molecule has 0 unspecified atom stereocenters. The van der Waals surface area contributed by atoms with E-state index in [1.54, 1.807) is 36.4 Å². The minimum Gasteiger partial charge on any atom is -0.493 e. The van der Waals surface area contributed by atoms with Crippen molar-refractivity contribution < 1.29 is 23.8 Å². The quantitative estimate of drug-likeness (QED) is 0.748. The third-order valence-corrected chi connectivity index (χ3v) is 4.56. The number of halogens is 1. The van der Waals surface area contributed by atoms with Gasteiger partial charge in [-0.05, 0) is 55.3 Å². The maximum absolute atomic E-state index is 12.4. The van der Waals surface area contributed by atoms with E-state index in [2.05, 4.69) is 10.9 Å². The van der Waals surface area contributed by atoms with Crippen LogP contribution in [0.1, 0.15) is 22.8 Å². The van der Waals surface area contributed by atoms with Gasteiger partial charge in [0.05, 0.1) is 19.6 Å². The summed E-state index contributed by atoms with van der Waals surface area (Å²) in [6.45, 7) is 2.57. The first-order valence-corrected chi connectivity index (χ1v) is 9.22. The molecule has 28 heavy (non-hydrogen) atoms. The molecule has 1 aliphatic rings. The van der Waals surface area contributed by atoms with Crippen molar-refractivity contribution >= 4 is 23.4 Å². The smallest absolute Gasteiger partial charge is 0.269 e. The molecule has 0 saturated heterocycles. The molecule has 1 aliphatic heterocycles. The Hall–Kier alpha value is -2.93. The number of methoxy groups -OCH3 is 1. The van der Waals surface area contributed by atoms with E-state index >= 15 is 0 Å². The minimum atomic E-state index is -0.463. The Balaban J connectivity index is 1.59. The highest BCUT2D eigenvalue weighted by Crippen LogP contribution is 2.30. The van der Waals surface area contributed by atoms with Crippen LogP contribution in [0.5, 0.6) is 17.2 Å². The lowest BCUT2D eigenvalue weighted by Crippen LogP contribution is -2.47. The van der Waals surface area contributed by atoms with E-state index in [4.69, 9.17) is 25.8 Å². The second kappa shape index (κ2) is 8.84. The lowest BCUT2D eigenvalue weighted by atomic mass is 9.96. The summed E-state index contributed by atoms with van der Waals surface area (Å²) in [7, 11) is 1.49. The molecule has 7 nitrogen and oxygen atoms in total. The predicted molar refractivity (Wildman–Crippen MR) is 104 cm³/mol. The second-order valence-corrected chi connectivity index (χ2v) is 6.64. The van der Waals surface area contributed by atoms with Crippen molar-refractivity contribution in [2.45, 2.75) is 13.3 Å². The van der Waals surface area contributed by atoms with Gasteiger partial charge in [0, 0.05) is 10.6 Å². The van der Waals surface area contributed by atoms with Crippen LogP contribution in [0, 0.1) is 5.92 Å². The van der Waals surface area contributed by atoms with Gasteiger partial charge < -0.3 is 14.2 Å². The van der Waals surface area contributed by atoms with Gasteiger partial charge in [-0.25, -0.2) is 0 Å². The van der Waals surface area contributed by atoms with Crippen LogP contribution in [-0.2, 0) is 11.2 Å². The lowest BCUT2D eigenvalue weighted by Gasteiger charge is -2.24. The van der Waals surface area contributed by atoms with E-state index in [1.165, 1.54) is 7.11 Å². The van der Waals surface area contributed by atoms with Crippen molar-refractivity contribution in [1.29, 1.82) is 0 Å². The van der Waals surface area contributed by atoms with Crippen molar-refractivity contribution in [3.63, 3.8) is 0 Å². The number of carbonyl (C=O) groups excluding carboxylic acids is 2. The van der Waals surface area contributed by atoms with E-state index in [0.717, 1.165) is 11.3 Å². The maximum Gasteiger partial charge on any atom is 0.269 e. The van der Waals surface area contributed by atoms with Crippen LogP contribution in [0.4, 0.5) is 0 Å². The van der Waals surface area contributed by atoms with Crippen molar-refractivity contribution in [3.05, 3.63) is 52.5 Å². The SMILES string of the molecule is CCOc1ccc(C(=O)NNC(=O)[C@H]2COc3ccc(Cl)cc3C2)cc1OC. The minimum absolute atomic E-state index is 0.229. The molecule has 2 N–H and O–H groups in total. The van der Waals surface area contributed by atoms with Gasteiger partial charge in [-0.3, -0.25) is 20.4 Å². The van der Waals surface area contributed by atoms with Crippen molar-refractivity contribution in [3.8, 4) is 17.2 Å². The number of amides is 2. The van der Waals surface area contributed by atoms with Crippen LogP contribution < -0.4 is 25.1 Å². The average molecular weight is 405 g/mol. The van der Waals surface area contributed by atoms with Crippen molar-refractivity contribution in [1.82, 2.24) is 10.9 Å². The van der Waals surface area contributed by atoms with E-state index in [1.807, 2.05) is 6.92 Å². The first-order valence-electron chi connectivity index (χ1n) is 8.84. The Bertz CT molecular complexity index is 887. The van der Waals surface area contributed by atoms with E-state index < -0.39 is 11.8 Å². The van der Waals surface area contributed by atoms with Gasteiger partial charge in [0.25, 0.3) is 5.91 Å². The number of rotatable bonds is 5. The lowest BCUT2D eigenvalue weighted by molar-refractivity contribution is -0.127. The van der Waals surface area contributed by atoms with Gasteiger partial charge in [-0.1, -0.05) is 11.6 Å². The molecule has 0 fully saturated rings. The van der Waals surface area contributed by atoms with E-state index in [9.17, 15) is 9.59 Å². The highest BCUT2D eigenvalue weighted by Gasteiger charge is 2.26. The van der Waals surface area contributed by atoms with Gasteiger partial charge in [0.2, 0.25) is 5.91 Å². The summed E-state index contributed by atoms with van der Waals surface area (Å²) in [6, 6.07) is 10.1. The number of fused-ring (bicyclic) bond motifs is 1. The third-order valence-electron chi connectivity index (χ3n) is 4.32. The molecule has 0 aliphatic carbocycles. The monoisotopic (exact) mass is 404 g/mol. The third kappa shape index (κ3) is 4.48. The molecule has 2 aromatic rings. The summed E-state index contributed by atoms with van der Waals surface area (Å²) in [6.07, 6.45) is 0.481. The van der Waals surface area contributed by atoms with Gasteiger partial charge in [0.15, 0.2) is 11.5 Å². The molecule has 2 aromatic carbocycles. The Kier molecular flexibility index (Phi) is 6.26. The molecule has 1 heterocycles. The van der Waals surface area contributed by atoms with Gasteiger partial charge in [-0.2, -0.15) is 0 Å². The number of carbonyl (C=O) groups is 2. The van der Waals surface area contributed by atoms with Crippen LogP contribution >= 0.6 is 11.6 Å². The number of nitrogens with one attached hydrogen (secondary N) is 2.